The van der Waals surface area contributed by atoms with Crippen molar-refractivity contribution >= 4 is 0 Å². The Morgan fingerprint density at radius 3 is 1.67 bits per heavy atom. The number of hydrogen-bond donors (Lipinski definition) is 0. The highest BCUT2D eigenvalue weighted by Gasteiger charge is 2.37. The SMILES string of the molecule is c1ccc(OCCN2CCC(c3ccccc3)(c3ccccc3)CC2)cc1. The van der Waals surface area contributed by atoms with Gasteiger partial charge in [0.2, 0.25) is 0 Å². The third-order valence-electron chi connectivity index (χ3n) is 5.78. The Bertz CT molecular complexity index is 767. The number of likely N-dealkylation sites (tertiary alicyclic amines) is 1. The predicted molar refractivity (Wildman–Crippen MR) is 111 cm³/mol. The molecule has 0 N–H and O–H groups in total. The number of rotatable bonds is 6. The number of ether oxygens (including phenoxy) is 1. The van der Waals surface area contributed by atoms with Crippen LogP contribution in [-0.2, 0) is 5.41 Å². The maximum absolute atomic E-state index is 5.89. The first-order valence-corrected chi connectivity index (χ1v) is 9.88. The molecule has 0 amide bonds. The number of piperidine rings is 1. The first-order valence-electron chi connectivity index (χ1n) is 9.88. The molecule has 1 heterocycles. The van der Waals surface area contributed by atoms with Gasteiger partial charge >= 0.3 is 0 Å². The molecule has 1 aliphatic rings. The van der Waals surface area contributed by atoms with Crippen molar-refractivity contribution in [2.75, 3.05) is 26.2 Å². The van der Waals surface area contributed by atoms with E-state index >= 15 is 0 Å². The van der Waals surface area contributed by atoms with Crippen LogP contribution >= 0.6 is 0 Å². The van der Waals surface area contributed by atoms with Crippen molar-refractivity contribution in [3.63, 3.8) is 0 Å². The quantitative estimate of drug-likeness (QED) is 0.605. The monoisotopic (exact) mass is 357 g/mol. The van der Waals surface area contributed by atoms with E-state index in [0.717, 1.165) is 44.8 Å². The van der Waals surface area contributed by atoms with E-state index in [1.807, 2.05) is 30.3 Å². The second kappa shape index (κ2) is 8.41. The van der Waals surface area contributed by atoms with E-state index in [2.05, 4.69) is 65.6 Å². The molecule has 0 bridgehead atoms. The van der Waals surface area contributed by atoms with Crippen LogP contribution in [0.4, 0.5) is 0 Å². The zero-order chi connectivity index (χ0) is 18.4. The van der Waals surface area contributed by atoms with Gasteiger partial charge in [-0.1, -0.05) is 78.9 Å². The molecular weight excluding hydrogens is 330 g/mol. The second-order valence-electron chi connectivity index (χ2n) is 7.32. The van der Waals surface area contributed by atoms with E-state index in [0.29, 0.717) is 0 Å². The molecule has 4 rings (SSSR count). The van der Waals surface area contributed by atoms with Crippen molar-refractivity contribution < 1.29 is 4.74 Å². The summed E-state index contributed by atoms with van der Waals surface area (Å²) in [6, 6.07) is 32.2. The molecular formula is C25H27NO. The fourth-order valence-electron chi connectivity index (χ4n) is 4.23. The summed E-state index contributed by atoms with van der Waals surface area (Å²) < 4.78 is 5.89. The molecule has 3 aromatic rings. The first kappa shape index (κ1) is 17.8. The van der Waals surface area contributed by atoms with Crippen LogP contribution in [-0.4, -0.2) is 31.1 Å². The molecule has 0 radical (unpaired) electrons. The van der Waals surface area contributed by atoms with Crippen molar-refractivity contribution in [1.82, 2.24) is 4.90 Å². The summed E-state index contributed by atoms with van der Waals surface area (Å²) in [4.78, 5) is 2.53. The molecule has 1 saturated heterocycles. The highest BCUT2D eigenvalue weighted by molar-refractivity contribution is 5.40. The van der Waals surface area contributed by atoms with Gasteiger partial charge in [-0.2, -0.15) is 0 Å². The highest BCUT2D eigenvalue weighted by Crippen LogP contribution is 2.41. The summed E-state index contributed by atoms with van der Waals surface area (Å²) in [5.41, 5.74) is 3.01. The lowest BCUT2D eigenvalue weighted by Crippen LogP contribution is -2.44. The zero-order valence-corrected chi connectivity index (χ0v) is 15.8. The molecule has 0 aliphatic carbocycles. The van der Waals surface area contributed by atoms with Gasteiger partial charge in [0.25, 0.3) is 0 Å². The Balaban J connectivity index is 1.43. The smallest absolute Gasteiger partial charge is 0.119 e. The van der Waals surface area contributed by atoms with Crippen molar-refractivity contribution in [1.29, 1.82) is 0 Å². The summed E-state index contributed by atoms with van der Waals surface area (Å²) in [5.74, 6) is 0.956. The van der Waals surface area contributed by atoms with Crippen LogP contribution in [0.1, 0.15) is 24.0 Å². The molecule has 138 valence electrons. The summed E-state index contributed by atoms with van der Waals surface area (Å²) >= 11 is 0. The fourth-order valence-corrected chi connectivity index (χ4v) is 4.23. The van der Waals surface area contributed by atoms with Crippen LogP contribution in [0.15, 0.2) is 91.0 Å². The zero-order valence-electron chi connectivity index (χ0n) is 15.8. The van der Waals surface area contributed by atoms with Gasteiger partial charge in [-0.25, -0.2) is 0 Å². The van der Waals surface area contributed by atoms with Gasteiger partial charge in [0, 0.05) is 12.0 Å². The maximum atomic E-state index is 5.89. The molecule has 2 heteroatoms. The van der Waals surface area contributed by atoms with Crippen molar-refractivity contribution in [2.24, 2.45) is 0 Å². The molecule has 0 spiro atoms. The van der Waals surface area contributed by atoms with Gasteiger partial charge in [0.15, 0.2) is 0 Å². The Kier molecular flexibility index (Phi) is 5.55. The molecule has 1 aliphatic heterocycles. The number of hydrogen-bond acceptors (Lipinski definition) is 2. The lowest BCUT2D eigenvalue weighted by Gasteiger charge is -2.43. The van der Waals surface area contributed by atoms with Gasteiger partial charge < -0.3 is 4.74 Å². The fraction of sp³-hybridized carbons (Fsp3) is 0.280. The van der Waals surface area contributed by atoms with Gasteiger partial charge in [-0.3, -0.25) is 4.90 Å². The number of benzene rings is 3. The van der Waals surface area contributed by atoms with Crippen LogP contribution in [0, 0.1) is 0 Å². The molecule has 0 saturated carbocycles. The number of nitrogens with zero attached hydrogens (tertiary/aromatic N) is 1. The largest absolute Gasteiger partial charge is 0.492 e. The van der Waals surface area contributed by atoms with E-state index in [4.69, 9.17) is 4.74 Å². The predicted octanol–water partition coefficient (Wildman–Crippen LogP) is 5.15. The van der Waals surface area contributed by atoms with Crippen molar-refractivity contribution in [2.45, 2.75) is 18.3 Å². The maximum Gasteiger partial charge on any atom is 0.119 e. The lowest BCUT2D eigenvalue weighted by atomic mass is 9.68. The molecule has 2 nitrogen and oxygen atoms in total. The normalized spacial score (nSPS) is 16.7. The Morgan fingerprint density at radius 1 is 0.667 bits per heavy atom. The minimum atomic E-state index is 0.124. The van der Waals surface area contributed by atoms with Crippen LogP contribution in [0.3, 0.4) is 0 Å². The van der Waals surface area contributed by atoms with E-state index in [1.54, 1.807) is 0 Å². The van der Waals surface area contributed by atoms with Crippen LogP contribution < -0.4 is 4.74 Å². The molecule has 0 aromatic heterocycles. The summed E-state index contributed by atoms with van der Waals surface area (Å²) in [7, 11) is 0. The Hall–Kier alpha value is -2.58. The molecule has 0 unspecified atom stereocenters. The third-order valence-corrected chi connectivity index (χ3v) is 5.78. The van der Waals surface area contributed by atoms with Gasteiger partial charge in [-0.15, -0.1) is 0 Å². The lowest BCUT2D eigenvalue weighted by molar-refractivity contribution is 0.151. The van der Waals surface area contributed by atoms with E-state index < -0.39 is 0 Å². The minimum absolute atomic E-state index is 0.124. The van der Waals surface area contributed by atoms with E-state index in [-0.39, 0.29) is 5.41 Å². The minimum Gasteiger partial charge on any atom is -0.492 e. The van der Waals surface area contributed by atoms with Gasteiger partial charge in [0.1, 0.15) is 12.4 Å². The third kappa shape index (κ3) is 4.06. The molecule has 3 aromatic carbocycles. The first-order chi connectivity index (χ1) is 13.4. The standard InChI is InChI=1S/C25H27NO/c1-4-10-22(11-5-1)25(23-12-6-2-7-13-23)16-18-26(19-17-25)20-21-27-24-14-8-3-9-15-24/h1-15H,16-21H2. The number of para-hydroxylation sites is 1. The van der Waals surface area contributed by atoms with Crippen LogP contribution in [0.2, 0.25) is 0 Å². The van der Waals surface area contributed by atoms with Gasteiger partial charge in [-0.05, 0) is 49.2 Å². The summed E-state index contributed by atoms with van der Waals surface area (Å²) in [5, 5.41) is 0. The van der Waals surface area contributed by atoms with Crippen LogP contribution in [0.25, 0.3) is 0 Å². The topological polar surface area (TPSA) is 12.5 Å². The Labute approximate surface area is 162 Å². The summed E-state index contributed by atoms with van der Waals surface area (Å²) in [6.45, 7) is 3.92. The molecule has 0 atom stereocenters. The van der Waals surface area contributed by atoms with E-state index in [9.17, 15) is 0 Å². The molecule has 27 heavy (non-hydrogen) atoms. The van der Waals surface area contributed by atoms with Crippen molar-refractivity contribution in [3.05, 3.63) is 102 Å². The molecule has 1 fully saturated rings. The average molecular weight is 357 g/mol. The summed E-state index contributed by atoms with van der Waals surface area (Å²) in [6.07, 6.45) is 2.29. The average Bonchev–Trinajstić information content (AvgIpc) is 2.76. The second-order valence-corrected chi connectivity index (χ2v) is 7.32. The Morgan fingerprint density at radius 2 is 1.15 bits per heavy atom. The van der Waals surface area contributed by atoms with Gasteiger partial charge in [0.05, 0.1) is 0 Å². The van der Waals surface area contributed by atoms with E-state index in [1.165, 1.54) is 11.1 Å². The van der Waals surface area contributed by atoms with Crippen molar-refractivity contribution in [3.8, 4) is 5.75 Å². The highest BCUT2D eigenvalue weighted by atomic mass is 16.5. The van der Waals surface area contributed by atoms with Crippen LogP contribution in [0.5, 0.6) is 5.75 Å².